The molecule has 0 spiro atoms. The summed E-state index contributed by atoms with van der Waals surface area (Å²) >= 11 is 4.73. The minimum Gasteiger partial charge on any atom is -0.393 e. The summed E-state index contributed by atoms with van der Waals surface area (Å²) in [6.07, 6.45) is 3.83. The van der Waals surface area contributed by atoms with E-state index in [-0.39, 0.29) is 11.2 Å². The van der Waals surface area contributed by atoms with Crippen LogP contribution in [0.4, 0.5) is 0 Å². The van der Waals surface area contributed by atoms with Gasteiger partial charge in [0.05, 0.1) is 4.99 Å². The summed E-state index contributed by atoms with van der Waals surface area (Å²) < 4.78 is 1.46. The molecule has 0 unspecified atom stereocenters. The first-order chi connectivity index (χ1) is 7.09. The molecule has 1 aromatic heterocycles. The van der Waals surface area contributed by atoms with E-state index in [9.17, 15) is 9.59 Å². The quantitative estimate of drug-likeness (QED) is 0.548. The third kappa shape index (κ3) is 4.07. The van der Waals surface area contributed by atoms with Crippen molar-refractivity contribution in [3.05, 3.63) is 33.1 Å². The lowest BCUT2D eigenvalue weighted by Gasteiger charge is -2.03. The first kappa shape index (κ1) is 11.6. The minimum absolute atomic E-state index is 0.376. The lowest BCUT2D eigenvalue weighted by molar-refractivity contribution is 0.588. The molecule has 0 aliphatic rings. The largest absolute Gasteiger partial charge is 0.393 e. The lowest BCUT2D eigenvalue weighted by Crippen LogP contribution is -2.28. The van der Waals surface area contributed by atoms with Crippen LogP contribution in [0.2, 0.25) is 0 Å². The van der Waals surface area contributed by atoms with Crippen LogP contribution in [0, 0.1) is 0 Å². The summed E-state index contributed by atoms with van der Waals surface area (Å²) in [6.45, 7) is 0.568. The summed E-state index contributed by atoms with van der Waals surface area (Å²) in [5.74, 6) is 0. The van der Waals surface area contributed by atoms with E-state index in [1.54, 1.807) is 0 Å². The number of aromatic amines is 1. The maximum absolute atomic E-state index is 11.2. The number of rotatable bonds is 5. The molecule has 0 saturated carbocycles. The number of unbranched alkanes of at least 4 members (excludes halogenated alkanes) is 1. The Kier molecular flexibility index (Phi) is 4.23. The second-order valence-electron chi connectivity index (χ2n) is 3.23. The first-order valence-electron chi connectivity index (χ1n) is 4.67. The maximum atomic E-state index is 11.2. The number of nitrogens with one attached hydrogen (secondary N) is 1. The number of nitrogens with two attached hydrogens (primary N) is 1. The predicted molar refractivity (Wildman–Crippen MR) is 62.0 cm³/mol. The van der Waals surface area contributed by atoms with Crippen LogP contribution in [-0.2, 0) is 6.54 Å². The number of aryl methyl sites for hydroxylation is 1. The van der Waals surface area contributed by atoms with E-state index >= 15 is 0 Å². The van der Waals surface area contributed by atoms with Crippen LogP contribution in [-0.4, -0.2) is 14.5 Å². The van der Waals surface area contributed by atoms with E-state index in [1.807, 2.05) is 0 Å². The van der Waals surface area contributed by atoms with Crippen molar-refractivity contribution in [2.75, 3.05) is 0 Å². The zero-order chi connectivity index (χ0) is 11.3. The monoisotopic (exact) mass is 227 g/mol. The molecule has 0 aliphatic heterocycles. The third-order valence-electron chi connectivity index (χ3n) is 1.97. The predicted octanol–water partition coefficient (Wildman–Crippen LogP) is -0.00700. The van der Waals surface area contributed by atoms with Crippen molar-refractivity contribution in [3.63, 3.8) is 0 Å². The molecule has 0 amide bonds. The molecule has 0 atom stereocenters. The van der Waals surface area contributed by atoms with E-state index in [2.05, 4.69) is 4.98 Å². The van der Waals surface area contributed by atoms with Gasteiger partial charge in [0, 0.05) is 18.8 Å². The molecule has 0 radical (unpaired) electrons. The molecule has 0 aliphatic carbocycles. The Labute approximate surface area is 91.9 Å². The van der Waals surface area contributed by atoms with Gasteiger partial charge in [-0.3, -0.25) is 9.78 Å². The Bertz CT molecular complexity index is 449. The van der Waals surface area contributed by atoms with E-state index < -0.39 is 0 Å². The Morgan fingerprint density at radius 3 is 2.80 bits per heavy atom. The van der Waals surface area contributed by atoms with Gasteiger partial charge in [0.2, 0.25) is 0 Å². The molecule has 1 aromatic rings. The molecule has 3 N–H and O–H groups in total. The zero-order valence-electron chi connectivity index (χ0n) is 8.23. The topological polar surface area (TPSA) is 80.9 Å². The molecule has 82 valence electrons. The Morgan fingerprint density at radius 1 is 1.47 bits per heavy atom. The van der Waals surface area contributed by atoms with Crippen LogP contribution in [0.15, 0.2) is 21.9 Å². The molecule has 5 nitrogen and oxygen atoms in total. The first-order valence-corrected chi connectivity index (χ1v) is 5.08. The van der Waals surface area contributed by atoms with Crippen LogP contribution in [0.5, 0.6) is 0 Å². The van der Waals surface area contributed by atoms with Crippen LogP contribution in [0.3, 0.4) is 0 Å². The molecule has 0 fully saturated rings. The van der Waals surface area contributed by atoms with E-state index in [4.69, 9.17) is 18.0 Å². The SMILES string of the molecule is NC(=S)CCCCn1ccc(=O)[nH]c1=O. The zero-order valence-corrected chi connectivity index (χ0v) is 9.05. The standard InChI is InChI=1S/C9H13N3O2S/c10-7(15)3-1-2-5-12-6-4-8(13)11-9(12)14/h4,6H,1-3,5H2,(H2,10,15)(H,11,13,14). The highest BCUT2D eigenvalue weighted by atomic mass is 32.1. The second-order valence-corrected chi connectivity index (χ2v) is 3.75. The number of nitrogens with zero attached hydrogens (tertiary/aromatic N) is 1. The average Bonchev–Trinajstić information content (AvgIpc) is 2.14. The number of thiocarbonyl (C=S) groups is 1. The highest BCUT2D eigenvalue weighted by Gasteiger charge is 1.96. The van der Waals surface area contributed by atoms with Crippen molar-refractivity contribution >= 4 is 17.2 Å². The molecule has 0 saturated heterocycles. The normalized spacial score (nSPS) is 10.1. The van der Waals surface area contributed by atoms with Crippen LogP contribution < -0.4 is 17.0 Å². The summed E-state index contributed by atoms with van der Waals surface area (Å²) in [7, 11) is 0. The molecular formula is C9H13N3O2S. The Hall–Kier alpha value is -1.43. The third-order valence-corrected chi connectivity index (χ3v) is 2.17. The van der Waals surface area contributed by atoms with Gasteiger partial charge in [-0.05, 0) is 19.3 Å². The van der Waals surface area contributed by atoms with Crippen LogP contribution >= 0.6 is 12.2 Å². The van der Waals surface area contributed by atoms with Gasteiger partial charge >= 0.3 is 5.69 Å². The van der Waals surface area contributed by atoms with Gasteiger partial charge in [0.15, 0.2) is 0 Å². The molecule has 0 bridgehead atoms. The van der Waals surface area contributed by atoms with Gasteiger partial charge in [0.25, 0.3) is 5.56 Å². The smallest absolute Gasteiger partial charge is 0.328 e. The molecule has 15 heavy (non-hydrogen) atoms. The number of H-pyrrole nitrogens is 1. The van der Waals surface area contributed by atoms with Crippen LogP contribution in [0.1, 0.15) is 19.3 Å². The Balaban J connectivity index is 2.48. The van der Waals surface area contributed by atoms with Gasteiger partial charge < -0.3 is 10.3 Å². The van der Waals surface area contributed by atoms with E-state index in [0.717, 1.165) is 12.8 Å². The number of aromatic nitrogens is 2. The van der Waals surface area contributed by atoms with Crippen molar-refractivity contribution in [2.24, 2.45) is 5.73 Å². The van der Waals surface area contributed by atoms with Gasteiger partial charge in [0.1, 0.15) is 0 Å². The Morgan fingerprint density at radius 2 is 2.20 bits per heavy atom. The summed E-state index contributed by atoms with van der Waals surface area (Å²) in [4.78, 5) is 24.7. The van der Waals surface area contributed by atoms with Gasteiger partial charge in [-0.15, -0.1) is 0 Å². The highest BCUT2D eigenvalue weighted by Crippen LogP contribution is 1.96. The summed E-state index contributed by atoms with van der Waals surface area (Å²) in [6, 6.07) is 1.33. The van der Waals surface area contributed by atoms with E-state index in [0.29, 0.717) is 18.0 Å². The lowest BCUT2D eigenvalue weighted by atomic mass is 10.2. The average molecular weight is 227 g/mol. The fraction of sp³-hybridized carbons (Fsp3) is 0.444. The van der Waals surface area contributed by atoms with Crippen molar-refractivity contribution in [2.45, 2.75) is 25.8 Å². The van der Waals surface area contributed by atoms with Gasteiger partial charge in [-0.1, -0.05) is 12.2 Å². The van der Waals surface area contributed by atoms with Gasteiger partial charge in [-0.25, -0.2) is 4.79 Å². The van der Waals surface area contributed by atoms with Gasteiger partial charge in [-0.2, -0.15) is 0 Å². The summed E-state index contributed by atoms with van der Waals surface area (Å²) in [5, 5.41) is 0. The molecule has 1 heterocycles. The van der Waals surface area contributed by atoms with Crippen molar-refractivity contribution < 1.29 is 0 Å². The van der Waals surface area contributed by atoms with Crippen molar-refractivity contribution in [1.82, 2.24) is 9.55 Å². The fourth-order valence-corrected chi connectivity index (χ4v) is 1.35. The number of hydrogen-bond acceptors (Lipinski definition) is 3. The highest BCUT2D eigenvalue weighted by molar-refractivity contribution is 7.80. The van der Waals surface area contributed by atoms with Crippen molar-refractivity contribution in [3.8, 4) is 0 Å². The summed E-state index contributed by atoms with van der Waals surface area (Å²) in [5.41, 5.74) is 4.58. The molecule has 6 heteroatoms. The second kappa shape index (κ2) is 5.45. The van der Waals surface area contributed by atoms with Crippen molar-refractivity contribution in [1.29, 1.82) is 0 Å². The molecule has 1 rings (SSSR count). The molecule has 0 aromatic carbocycles. The number of hydrogen-bond donors (Lipinski definition) is 2. The van der Waals surface area contributed by atoms with Crippen LogP contribution in [0.25, 0.3) is 0 Å². The molecular weight excluding hydrogens is 214 g/mol. The van der Waals surface area contributed by atoms with E-state index in [1.165, 1.54) is 16.8 Å². The fourth-order valence-electron chi connectivity index (χ4n) is 1.20. The minimum atomic E-state index is -0.377. The maximum Gasteiger partial charge on any atom is 0.328 e.